The third kappa shape index (κ3) is 12.0. The van der Waals surface area contributed by atoms with Gasteiger partial charge in [-0.15, -0.1) is 5.11 Å². The summed E-state index contributed by atoms with van der Waals surface area (Å²) < 4.78 is 34.8. The number of pyridine rings is 1. The van der Waals surface area contributed by atoms with Crippen LogP contribution in [0.5, 0.6) is 0 Å². The number of carbonyl (C=O) groups excluding carboxylic acids is 1. The number of allylic oxidation sites excluding steroid dienone is 1. The largest absolute Gasteiger partial charge is 0.452 e. The number of aryl methyl sites for hydroxylation is 2. The number of aromatic nitrogens is 3. The maximum Gasteiger partial charge on any atom is 0.452 e. The Kier molecular flexibility index (Phi) is 16.9. The number of carbonyl (C=O) groups is 1. The Morgan fingerprint density at radius 2 is 1.91 bits per heavy atom. The molecule has 0 radical (unpaired) electrons. The highest BCUT2D eigenvalue weighted by molar-refractivity contribution is 5.84. The van der Waals surface area contributed by atoms with Gasteiger partial charge in [0.25, 0.3) is 0 Å². The molecule has 1 fully saturated rings. The van der Waals surface area contributed by atoms with E-state index in [1.165, 1.54) is 19.3 Å². The van der Waals surface area contributed by atoms with Crippen molar-refractivity contribution in [2.45, 2.75) is 73.1 Å². The monoisotopic (exact) mass is 613 g/mol. The number of benzene rings is 1. The number of nitriles is 1. The number of alkyl halides is 3. The second kappa shape index (κ2) is 18.9. The van der Waals surface area contributed by atoms with E-state index in [1.54, 1.807) is 23.0 Å². The Labute approximate surface area is 257 Å². The molecule has 1 aromatic carbocycles. The highest BCUT2D eigenvalue weighted by Crippen LogP contribution is 2.20. The van der Waals surface area contributed by atoms with Crippen molar-refractivity contribution in [3.8, 4) is 11.9 Å². The van der Waals surface area contributed by atoms with Gasteiger partial charge in [-0.1, -0.05) is 26.5 Å². The van der Waals surface area contributed by atoms with Crippen molar-refractivity contribution in [2.24, 2.45) is 10.8 Å². The number of hydrogen-bond acceptors (Lipinski definition) is 8. The highest BCUT2D eigenvalue weighted by atomic mass is 19.4. The molecule has 0 spiro atoms. The van der Waals surface area contributed by atoms with Gasteiger partial charge in [0.2, 0.25) is 5.84 Å². The molecule has 4 rings (SSSR count). The summed E-state index contributed by atoms with van der Waals surface area (Å²) in [5, 5.41) is 24.0. The van der Waals surface area contributed by atoms with Crippen molar-refractivity contribution in [2.75, 3.05) is 7.05 Å². The first-order valence-corrected chi connectivity index (χ1v) is 13.3. The maximum atomic E-state index is 11.0. The van der Waals surface area contributed by atoms with Crippen LogP contribution < -0.4 is 11.1 Å². The zero-order valence-corrected chi connectivity index (χ0v) is 25.0. The molecule has 0 aliphatic heterocycles. The molecule has 44 heavy (non-hydrogen) atoms. The Hall–Kier alpha value is -4.54. The molecule has 5 N–H and O–H groups in total. The van der Waals surface area contributed by atoms with Gasteiger partial charge in [0.1, 0.15) is 6.29 Å². The number of nitrogens with one attached hydrogen (secondary N) is 3. The molecule has 10 nitrogen and oxygen atoms in total. The van der Waals surface area contributed by atoms with Gasteiger partial charge in [0.05, 0.1) is 23.0 Å². The Morgan fingerprint density at radius 1 is 1.27 bits per heavy atom. The topological polar surface area (TPSA) is 170 Å². The van der Waals surface area contributed by atoms with Crippen LogP contribution in [0.1, 0.15) is 77.6 Å². The van der Waals surface area contributed by atoms with Crippen LogP contribution in [0, 0.1) is 43.0 Å². The molecule has 2 heterocycles. The van der Waals surface area contributed by atoms with Crippen LogP contribution in [0.25, 0.3) is 11.4 Å². The fraction of sp³-hybridized carbons (Fsp3) is 0.387. The van der Waals surface area contributed by atoms with Crippen LogP contribution in [0.2, 0.25) is 0 Å². The highest BCUT2D eigenvalue weighted by Gasteiger charge is 2.34. The van der Waals surface area contributed by atoms with Crippen molar-refractivity contribution in [3.05, 3.63) is 82.3 Å². The number of nitrogens with zero attached hydrogens (tertiary/aromatic N) is 5. The minimum absolute atomic E-state index is 0. The lowest BCUT2D eigenvalue weighted by atomic mass is 9.94. The van der Waals surface area contributed by atoms with Gasteiger partial charge in [0.15, 0.2) is 5.82 Å². The van der Waals surface area contributed by atoms with Gasteiger partial charge in [-0.2, -0.15) is 23.5 Å². The SMILES string of the molecule is C.C=C(C)c1cc(CN)nn1-c1ncccc1C.CNC1CCC1.Cc1cc(C#N)cc(C=O)c1C.N=NC(=N)C(F)(F)F. The Balaban J connectivity index is 0.000000599. The number of nitrogens with two attached hydrogens (primary N) is 1. The summed E-state index contributed by atoms with van der Waals surface area (Å²) in [5.74, 6) is -1.05. The molecule has 2 aromatic heterocycles. The molecule has 3 aromatic rings. The van der Waals surface area contributed by atoms with Crippen LogP contribution >= 0.6 is 0 Å². The van der Waals surface area contributed by atoms with Crippen molar-refractivity contribution < 1.29 is 18.0 Å². The summed E-state index contributed by atoms with van der Waals surface area (Å²) in [5.41, 5.74) is 18.3. The first-order valence-electron chi connectivity index (χ1n) is 13.3. The van der Waals surface area contributed by atoms with Crippen LogP contribution in [0.3, 0.4) is 0 Å². The van der Waals surface area contributed by atoms with Crippen LogP contribution in [-0.2, 0) is 6.54 Å². The lowest BCUT2D eigenvalue weighted by molar-refractivity contribution is -0.0609. The number of halogens is 3. The van der Waals surface area contributed by atoms with Crippen molar-refractivity contribution >= 4 is 17.7 Å². The van der Waals surface area contributed by atoms with Gasteiger partial charge >= 0.3 is 6.18 Å². The van der Waals surface area contributed by atoms with E-state index in [0.717, 1.165) is 51.8 Å². The fourth-order valence-corrected chi connectivity index (χ4v) is 3.53. The Morgan fingerprint density at radius 3 is 2.27 bits per heavy atom. The number of amidine groups is 1. The molecule has 0 amide bonds. The lowest BCUT2D eigenvalue weighted by Crippen LogP contribution is -2.31. The minimum Gasteiger partial charge on any atom is -0.325 e. The quantitative estimate of drug-likeness (QED) is 0.104. The van der Waals surface area contributed by atoms with Crippen LogP contribution in [-0.4, -0.2) is 46.2 Å². The van der Waals surface area contributed by atoms with E-state index in [9.17, 15) is 18.0 Å². The standard InChI is InChI=1S/C13H16N4.C10H9NO.C5H11N.C2H2F3N3.CH4/c1-9(2)12-7-11(8-14)16-17(12)13-10(3)5-4-6-15-13;1-7-3-9(5-11)4-10(6-12)8(7)2;1-6-5-3-2-4-5;3-2(4,5)1(6)8-7;/h4-7H,1,8,14H2,2-3H3;3-4,6H,1-2H3;5-6H,2-4H2,1H3;6-7H;1H4. The molecular formula is C31H42F3N9O. The number of hydrogen-bond donors (Lipinski definition) is 4. The molecule has 1 saturated carbocycles. The Bertz CT molecular complexity index is 1450. The first-order chi connectivity index (χ1) is 20.2. The molecule has 0 saturated heterocycles. The maximum absolute atomic E-state index is 11.0. The van der Waals surface area contributed by atoms with Crippen LogP contribution in [0.4, 0.5) is 13.2 Å². The average molecular weight is 614 g/mol. The molecule has 1 aliphatic rings. The first kappa shape index (κ1) is 39.5. The van der Waals surface area contributed by atoms with Crippen molar-refractivity contribution in [3.63, 3.8) is 0 Å². The van der Waals surface area contributed by atoms with Crippen molar-refractivity contribution in [1.82, 2.24) is 20.1 Å². The zero-order valence-electron chi connectivity index (χ0n) is 25.0. The number of aldehydes is 1. The summed E-state index contributed by atoms with van der Waals surface area (Å²) in [4.78, 5) is 14.9. The summed E-state index contributed by atoms with van der Waals surface area (Å²) in [6.45, 7) is 12.1. The second-order valence-corrected chi connectivity index (χ2v) is 9.67. The average Bonchev–Trinajstić information content (AvgIpc) is 3.39. The molecule has 238 valence electrons. The summed E-state index contributed by atoms with van der Waals surface area (Å²) in [7, 11) is 2.03. The smallest absolute Gasteiger partial charge is 0.325 e. The molecule has 1 aliphatic carbocycles. The van der Waals surface area contributed by atoms with Gasteiger partial charge in [-0.05, 0) is 94.1 Å². The van der Waals surface area contributed by atoms with Gasteiger partial charge < -0.3 is 11.1 Å². The predicted octanol–water partition coefficient (Wildman–Crippen LogP) is 7.01. The third-order valence-corrected chi connectivity index (χ3v) is 6.45. The molecular weight excluding hydrogens is 571 g/mol. The van der Waals surface area contributed by atoms with E-state index < -0.39 is 12.0 Å². The van der Waals surface area contributed by atoms with Gasteiger partial charge in [-0.25, -0.2) is 15.2 Å². The van der Waals surface area contributed by atoms with Gasteiger partial charge in [0, 0.05) is 24.3 Å². The summed E-state index contributed by atoms with van der Waals surface area (Å²) >= 11 is 0. The zero-order chi connectivity index (χ0) is 32.7. The second-order valence-electron chi connectivity index (χ2n) is 9.67. The van der Waals surface area contributed by atoms with Gasteiger partial charge in [-0.3, -0.25) is 10.2 Å². The van der Waals surface area contributed by atoms with Crippen molar-refractivity contribution in [1.29, 1.82) is 16.2 Å². The van der Waals surface area contributed by atoms with E-state index >= 15 is 0 Å². The summed E-state index contributed by atoms with van der Waals surface area (Å²) in [6.07, 6.45) is 2.01. The minimum atomic E-state index is -4.76. The molecule has 13 heteroatoms. The van der Waals surface area contributed by atoms with E-state index in [4.69, 9.17) is 21.9 Å². The third-order valence-electron chi connectivity index (χ3n) is 6.45. The van der Waals surface area contributed by atoms with E-state index in [0.29, 0.717) is 17.7 Å². The van der Waals surface area contributed by atoms with E-state index in [2.05, 4.69) is 22.0 Å². The van der Waals surface area contributed by atoms with E-state index in [1.807, 2.05) is 64.1 Å². The predicted molar refractivity (Wildman–Crippen MR) is 167 cm³/mol. The normalized spacial score (nSPS) is 11.7. The number of rotatable bonds is 5. The fourth-order valence-electron chi connectivity index (χ4n) is 3.53. The molecule has 0 unspecified atom stereocenters. The molecule has 0 bridgehead atoms. The summed E-state index contributed by atoms with van der Waals surface area (Å²) in [6, 6.07) is 12.1. The lowest BCUT2D eigenvalue weighted by Gasteiger charge is -2.23. The van der Waals surface area contributed by atoms with Crippen LogP contribution in [0.15, 0.2) is 48.2 Å². The molecule has 0 atom stereocenters. The van der Waals surface area contributed by atoms with E-state index in [-0.39, 0.29) is 7.43 Å².